The number of aromatic nitrogens is 2. The predicted octanol–water partition coefficient (Wildman–Crippen LogP) is 3.93. The zero-order valence-corrected chi connectivity index (χ0v) is 14.1. The third-order valence-electron chi connectivity index (χ3n) is 2.73. The Morgan fingerprint density at radius 3 is 2.57 bits per heavy atom. The third kappa shape index (κ3) is 4.24. The number of benzene rings is 1. The first-order valence-corrected chi connectivity index (χ1v) is 7.26. The highest BCUT2D eigenvalue weighted by Gasteiger charge is 2.20. The van der Waals surface area contributed by atoms with Crippen LogP contribution in [0, 0.1) is 11.3 Å². The molecule has 7 heteroatoms. The Bertz CT molecular complexity index is 751. The summed E-state index contributed by atoms with van der Waals surface area (Å²) in [7, 11) is 1.51. The molecule has 0 aliphatic heterocycles. The van der Waals surface area contributed by atoms with Crippen molar-refractivity contribution in [1.82, 2.24) is 9.97 Å². The highest BCUT2D eigenvalue weighted by atomic mass is 35.5. The van der Waals surface area contributed by atoms with E-state index in [-0.39, 0.29) is 0 Å². The molecule has 2 rings (SSSR count). The first-order chi connectivity index (χ1) is 10.8. The van der Waals surface area contributed by atoms with E-state index in [9.17, 15) is 0 Å². The van der Waals surface area contributed by atoms with Crippen molar-refractivity contribution >= 4 is 23.1 Å². The Morgan fingerprint density at radius 2 is 2.00 bits per heavy atom. The van der Waals surface area contributed by atoms with Gasteiger partial charge in [-0.2, -0.15) is 10.2 Å². The minimum absolute atomic E-state index is 0.335. The Hall–Kier alpha value is -2.52. The number of rotatable bonds is 4. The number of anilines is 2. The molecule has 120 valence electrons. The molecule has 23 heavy (non-hydrogen) atoms. The van der Waals surface area contributed by atoms with E-state index < -0.39 is 5.60 Å². The Kier molecular flexibility index (Phi) is 4.92. The van der Waals surface area contributed by atoms with Gasteiger partial charge in [0.15, 0.2) is 5.82 Å². The largest absolute Gasteiger partial charge is 0.489 e. The molecule has 0 atom stereocenters. The summed E-state index contributed by atoms with van der Waals surface area (Å²) in [5.74, 6) is 1.14. The van der Waals surface area contributed by atoms with Crippen LogP contribution < -0.4 is 14.8 Å². The van der Waals surface area contributed by atoms with E-state index in [2.05, 4.69) is 15.3 Å². The van der Waals surface area contributed by atoms with Crippen LogP contribution in [0.25, 0.3) is 0 Å². The second kappa shape index (κ2) is 6.71. The van der Waals surface area contributed by atoms with Gasteiger partial charge in [0.05, 0.1) is 29.5 Å². The van der Waals surface area contributed by atoms with E-state index in [1.165, 1.54) is 13.4 Å². The molecule has 2 aromatic rings. The summed E-state index contributed by atoms with van der Waals surface area (Å²) < 4.78 is 11.1. The van der Waals surface area contributed by atoms with Gasteiger partial charge >= 0.3 is 0 Å². The number of methoxy groups -OCH3 is 1. The molecular formula is C16H17ClN4O2. The molecule has 0 unspecified atom stereocenters. The molecule has 1 aromatic heterocycles. The summed E-state index contributed by atoms with van der Waals surface area (Å²) in [4.78, 5) is 8.28. The lowest BCUT2D eigenvalue weighted by Gasteiger charge is -2.22. The maximum Gasteiger partial charge on any atom is 0.263 e. The summed E-state index contributed by atoms with van der Waals surface area (Å²) in [5, 5.41) is 12.4. The van der Waals surface area contributed by atoms with Gasteiger partial charge in [-0.05, 0) is 39.0 Å². The third-order valence-corrected chi connectivity index (χ3v) is 3.04. The van der Waals surface area contributed by atoms with Crippen LogP contribution in [-0.2, 0) is 0 Å². The molecule has 0 amide bonds. The Labute approximate surface area is 140 Å². The van der Waals surface area contributed by atoms with Gasteiger partial charge < -0.3 is 14.8 Å². The van der Waals surface area contributed by atoms with Gasteiger partial charge in [0.25, 0.3) is 5.88 Å². The fraction of sp³-hybridized carbons (Fsp3) is 0.312. The van der Waals surface area contributed by atoms with Crippen molar-refractivity contribution in [2.45, 2.75) is 26.4 Å². The van der Waals surface area contributed by atoms with Crippen molar-refractivity contribution in [1.29, 1.82) is 5.26 Å². The van der Waals surface area contributed by atoms with E-state index in [1.54, 1.807) is 18.2 Å². The molecule has 1 heterocycles. The maximum absolute atomic E-state index is 8.88. The summed E-state index contributed by atoms with van der Waals surface area (Å²) >= 11 is 6.17. The molecule has 0 spiro atoms. The number of nitrogens with zero attached hydrogens (tertiary/aromatic N) is 3. The fourth-order valence-corrected chi connectivity index (χ4v) is 2.03. The quantitative estimate of drug-likeness (QED) is 0.913. The molecule has 1 N–H and O–H groups in total. The van der Waals surface area contributed by atoms with Crippen LogP contribution in [0.2, 0.25) is 5.02 Å². The lowest BCUT2D eigenvalue weighted by Crippen LogP contribution is -2.24. The van der Waals surface area contributed by atoms with E-state index in [1.807, 2.05) is 26.8 Å². The number of hydrogen-bond donors (Lipinski definition) is 1. The standard InChI is InChI=1S/C16H17ClN4O2/c1-16(2,3)23-15-13(22-4)14(19-9-20-15)21-12-6-5-10(8-18)7-11(12)17/h5-7,9H,1-4H3,(H,19,20,21). The summed E-state index contributed by atoms with van der Waals surface area (Å²) in [6.07, 6.45) is 1.38. The topological polar surface area (TPSA) is 80.1 Å². The zero-order valence-electron chi connectivity index (χ0n) is 13.3. The molecule has 0 saturated carbocycles. The summed E-state index contributed by atoms with van der Waals surface area (Å²) in [5.41, 5.74) is 0.654. The first-order valence-electron chi connectivity index (χ1n) is 6.88. The van der Waals surface area contributed by atoms with E-state index in [0.29, 0.717) is 33.7 Å². The Balaban J connectivity index is 2.37. The highest BCUT2D eigenvalue weighted by molar-refractivity contribution is 6.33. The number of hydrogen-bond acceptors (Lipinski definition) is 6. The van der Waals surface area contributed by atoms with Crippen LogP contribution in [0.1, 0.15) is 26.3 Å². The second-order valence-corrected chi connectivity index (χ2v) is 6.11. The molecule has 0 bridgehead atoms. The maximum atomic E-state index is 8.88. The summed E-state index contributed by atoms with van der Waals surface area (Å²) in [6, 6.07) is 6.97. The lowest BCUT2D eigenvalue weighted by atomic mass is 10.2. The molecule has 0 fully saturated rings. The van der Waals surface area contributed by atoms with Crippen LogP contribution in [0.5, 0.6) is 11.6 Å². The minimum Gasteiger partial charge on any atom is -0.489 e. The predicted molar refractivity (Wildman–Crippen MR) is 88.4 cm³/mol. The van der Waals surface area contributed by atoms with Crippen LogP contribution in [0.3, 0.4) is 0 Å². The van der Waals surface area contributed by atoms with Gasteiger partial charge in [0.2, 0.25) is 5.75 Å². The molecule has 0 aliphatic rings. The van der Waals surface area contributed by atoms with E-state index >= 15 is 0 Å². The molecule has 0 saturated heterocycles. The van der Waals surface area contributed by atoms with Crippen LogP contribution in [0.4, 0.5) is 11.5 Å². The highest BCUT2D eigenvalue weighted by Crippen LogP contribution is 2.36. The number of halogens is 1. The van der Waals surface area contributed by atoms with Crippen molar-refractivity contribution in [2.75, 3.05) is 12.4 Å². The number of ether oxygens (including phenoxy) is 2. The van der Waals surface area contributed by atoms with Gasteiger partial charge in [-0.3, -0.25) is 0 Å². The monoisotopic (exact) mass is 332 g/mol. The van der Waals surface area contributed by atoms with Gasteiger partial charge in [0.1, 0.15) is 11.9 Å². The van der Waals surface area contributed by atoms with Gasteiger partial charge in [0, 0.05) is 0 Å². The molecule has 1 aromatic carbocycles. The molecule has 6 nitrogen and oxygen atoms in total. The van der Waals surface area contributed by atoms with E-state index in [0.717, 1.165) is 0 Å². The molecular weight excluding hydrogens is 316 g/mol. The second-order valence-electron chi connectivity index (χ2n) is 5.71. The van der Waals surface area contributed by atoms with Crippen LogP contribution >= 0.6 is 11.6 Å². The van der Waals surface area contributed by atoms with Gasteiger partial charge in [-0.1, -0.05) is 11.6 Å². The van der Waals surface area contributed by atoms with Gasteiger partial charge in [-0.25, -0.2) is 4.98 Å². The SMILES string of the molecule is COc1c(Nc2ccc(C#N)cc2Cl)ncnc1OC(C)(C)C. The molecule has 0 radical (unpaired) electrons. The van der Waals surface area contributed by atoms with Crippen molar-refractivity contribution in [2.24, 2.45) is 0 Å². The van der Waals surface area contributed by atoms with Crippen molar-refractivity contribution in [3.8, 4) is 17.7 Å². The Morgan fingerprint density at radius 1 is 1.26 bits per heavy atom. The normalized spacial score (nSPS) is 10.8. The van der Waals surface area contributed by atoms with Crippen molar-refractivity contribution in [3.63, 3.8) is 0 Å². The average molecular weight is 333 g/mol. The van der Waals surface area contributed by atoms with E-state index in [4.69, 9.17) is 26.3 Å². The summed E-state index contributed by atoms with van der Waals surface area (Å²) in [6.45, 7) is 5.75. The van der Waals surface area contributed by atoms with Crippen LogP contribution in [-0.4, -0.2) is 22.7 Å². The van der Waals surface area contributed by atoms with Crippen molar-refractivity contribution in [3.05, 3.63) is 35.1 Å². The minimum atomic E-state index is -0.426. The molecule has 0 aliphatic carbocycles. The fourth-order valence-electron chi connectivity index (χ4n) is 1.81. The van der Waals surface area contributed by atoms with Crippen molar-refractivity contribution < 1.29 is 9.47 Å². The average Bonchev–Trinajstić information content (AvgIpc) is 2.48. The zero-order chi connectivity index (χ0) is 17.0. The first kappa shape index (κ1) is 16.8. The smallest absolute Gasteiger partial charge is 0.263 e. The number of nitrogens with one attached hydrogen (secondary N) is 1. The van der Waals surface area contributed by atoms with Crippen LogP contribution in [0.15, 0.2) is 24.5 Å². The number of nitriles is 1. The lowest BCUT2D eigenvalue weighted by molar-refractivity contribution is 0.118. The van der Waals surface area contributed by atoms with Gasteiger partial charge in [-0.15, -0.1) is 0 Å².